The molecule has 0 aliphatic rings. The van der Waals surface area contributed by atoms with Crippen molar-refractivity contribution in [2.45, 2.75) is 26.8 Å². The Bertz CT molecular complexity index is 1160. The molecule has 0 saturated heterocycles. The molecule has 4 rings (SSSR count). The van der Waals surface area contributed by atoms with E-state index in [9.17, 15) is 9.59 Å². The lowest BCUT2D eigenvalue weighted by Gasteiger charge is -2.19. The Labute approximate surface area is 172 Å². The number of ketones is 1. The molecule has 0 atom stereocenters. The summed E-state index contributed by atoms with van der Waals surface area (Å²) in [5.41, 5.74) is 3.17. The number of carbonyl (C=O) groups excluding carboxylic acids is 2. The van der Waals surface area contributed by atoms with Crippen LogP contribution in [0.15, 0.2) is 65.3 Å². The zero-order valence-corrected chi connectivity index (χ0v) is 17.0. The zero-order chi connectivity index (χ0) is 20.4. The molecule has 2 heterocycles. The molecule has 0 aliphatic carbocycles. The summed E-state index contributed by atoms with van der Waals surface area (Å²) in [6.07, 6.45) is 2.53. The molecule has 0 N–H and O–H groups in total. The molecule has 0 fully saturated rings. The van der Waals surface area contributed by atoms with E-state index in [0.29, 0.717) is 22.0 Å². The van der Waals surface area contributed by atoms with Crippen molar-refractivity contribution in [2.24, 2.45) is 0 Å². The van der Waals surface area contributed by atoms with Gasteiger partial charge < -0.3 is 4.42 Å². The summed E-state index contributed by atoms with van der Waals surface area (Å²) in [7, 11) is 0. The molecule has 146 valence electrons. The minimum Gasteiger partial charge on any atom is -0.467 e. The summed E-state index contributed by atoms with van der Waals surface area (Å²) in [5, 5.41) is 0.616. The van der Waals surface area contributed by atoms with Crippen LogP contribution in [0, 0.1) is 0 Å². The molecule has 0 saturated carbocycles. The number of carbonyl (C=O) groups is 2. The van der Waals surface area contributed by atoms with Gasteiger partial charge in [0.25, 0.3) is 5.91 Å². The Morgan fingerprint density at radius 3 is 2.48 bits per heavy atom. The van der Waals surface area contributed by atoms with Crippen LogP contribution >= 0.6 is 11.3 Å². The number of Topliss-reactive ketones (excluding diaryl/α,β-unsaturated/α-hetero) is 1. The first-order valence-corrected chi connectivity index (χ1v) is 10.2. The Balaban J connectivity index is 1.73. The van der Waals surface area contributed by atoms with Gasteiger partial charge in [-0.3, -0.25) is 14.5 Å². The van der Waals surface area contributed by atoms with Crippen LogP contribution in [-0.4, -0.2) is 16.7 Å². The van der Waals surface area contributed by atoms with E-state index in [1.54, 1.807) is 41.5 Å². The molecule has 0 radical (unpaired) electrons. The molecule has 6 heteroatoms. The average molecular weight is 404 g/mol. The lowest BCUT2D eigenvalue weighted by molar-refractivity contribution is 0.0979. The fourth-order valence-corrected chi connectivity index (χ4v) is 4.11. The van der Waals surface area contributed by atoms with Crippen molar-refractivity contribution in [1.82, 2.24) is 4.98 Å². The third kappa shape index (κ3) is 3.98. The van der Waals surface area contributed by atoms with Gasteiger partial charge in [0.05, 0.1) is 23.0 Å². The predicted octanol–water partition coefficient (Wildman–Crippen LogP) is 5.50. The highest BCUT2D eigenvalue weighted by Crippen LogP contribution is 2.31. The molecule has 29 heavy (non-hydrogen) atoms. The number of nitrogens with zero attached hydrogens (tertiary/aromatic N) is 2. The van der Waals surface area contributed by atoms with Crippen molar-refractivity contribution >= 4 is 38.4 Å². The van der Waals surface area contributed by atoms with Crippen molar-refractivity contribution in [3.8, 4) is 0 Å². The highest BCUT2D eigenvalue weighted by molar-refractivity contribution is 7.22. The minimum atomic E-state index is -0.189. The van der Waals surface area contributed by atoms with E-state index >= 15 is 0 Å². The molecule has 2 aromatic carbocycles. The smallest absolute Gasteiger partial charge is 0.260 e. The Morgan fingerprint density at radius 1 is 1.07 bits per heavy atom. The summed E-state index contributed by atoms with van der Waals surface area (Å²) in [4.78, 5) is 31.2. The van der Waals surface area contributed by atoms with Gasteiger partial charge in [-0.05, 0) is 55.3 Å². The third-order valence-electron chi connectivity index (χ3n) is 4.76. The number of thiazole rings is 1. The quantitative estimate of drug-likeness (QED) is 0.398. The van der Waals surface area contributed by atoms with Crippen LogP contribution in [-0.2, 0) is 13.0 Å². The molecular weight excluding hydrogens is 384 g/mol. The van der Waals surface area contributed by atoms with Crippen molar-refractivity contribution < 1.29 is 14.0 Å². The van der Waals surface area contributed by atoms with Gasteiger partial charge in [0.1, 0.15) is 5.76 Å². The molecule has 0 bridgehead atoms. The van der Waals surface area contributed by atoms with Crippen LogP contribution in [0.3, 0.4) is 0 Å². The predicted molar refractivity (Wildman–Crippen MR) is 115 cm³/mol. The van der Waals surface area contributed by atoms with E-state index in [2.05, 4.69) is 24.0 Å². The minimum absolute atomic E-state index is 0.0330. The molecule has 4 aromatic rings. The van der Waals surface area contributed by atoms with Gasteiger partial charge in [-0.15, -0.1) is 0 Å². The number of furan rings is 1. The number of rotatable bonds is 6. The Kier molecular flexibility index (Phi) is 5.27. The van der Waals surface area contributed by atoms with Crippen LogP contribution < -0.4 is 4.90 Å². The first-order valence-electron chi connectivity index (χ1n) is 9.40. The molecule has 0 unspecified atom stereocenters. The van der Waals surface area contributed by atoms with Crippen LogP contribution in [0.2, 0.25) is 0 Å². The van der Waals surface area contributed by atoms with Gasteiger partial charge in [0, 0.05) is 11.1 Å². The van der Waals surface area contributed by atoms with E-state index in [-0.39, 0.29) is 18.2 Å². The van der Waals surface area contributed by atoms with E-state index in [1.165, 1.54) is 23.8 Å². The van der Waals surface area contributed by atoms with Gasteiger partial charge in [-0.1, -0.05) is 36.5 Å². The number of fused-ring (bicyclic) bond motifs is 1. The van der Waals surface area contributed by atoms with Gasteiger partial charge in [0.15, 0.2) is 10.9 Å². The second-order valence-corrected chi connectivity index (χ2v) is 7.77. The van der Waals surface area contributed by atoms with E-state index in [0.717, 1.165) is 16.6 Å². The maximum atomic E-state index is 13.3. The Morgan fingerprint density at radius 2 is 1.83 bits per heavy atom. The maximum Gasteiger partial charge on any atom is 0.260 e. The Hall–Kier alpha value is -3.25. The first-order chi connectivity index (χ1) is 14.0. The molecule has 0 aliphatic heterocycles. The van der Waals surface area contributed by atoms with Crippen LogP contribution in [0.5, 0.6) is 0 Å². The number of amides is 1. The standard InChI is InChI=1S/C23H20N2O3S/c1-3-16-6-11-20-21(13-16)29-23(24-20)25(14-19-5-4-12-28-19)22(27)18-9-7-17(8-10-18)15(2)26/h4-13H,3,14H2,1-2H3. The summed E-state index contributed by atoms with van der Waals surface area (Å²) < 4.78 is 6.52. The molecule has 5 nitrogen and oxygen atoms in total. The SMILES string of the molecule is CCc1ccc2nc(N(Cc3ccco3)C(=O)c3ccc(C(C)=O)cc3)sc2c1. The number of hydrogen-bond acceptors (Lipinski definition) is 5. The summed E-state index contributed by atoms with van der Waals surface area (Å²) in [6, 6.07) is 16.5. The van der Waals surface area contributed by atoms with Gasteiger partial charge >= 0.3 is 0 Å². The largest absolute Gasteiger partial charge is 0.467 e. The molecule has 0 spiro atoms. The van der Waals surface area contributed by atoms with Crippen LogP contribution in [0.1, 0.15) is 45.9 Å². The zero-order valence-electron chi connectivity index (χ0n) is 16.2. The van der Waals surface area contributed by atoms with Gasteiger partial charge in [-0.2, -0.15) is 0 Å². The van der Waals surface area contributed by atoms with Gasteiger partial charge in [0.2, 0.25) is 0 Å². The summed E-state index contributed by atoms with van der Waals surface area (Å²) in [5.74, 6) is 0.452. The number of hydrogen-bond donors (Lipinski definition) is 0. The number of aromatic nitrogens is 1. The summed E-state index contributed by atoms with van der Waals surface area (Å²) >= 11 is 1.49. The fourth-order valence-electron chi connectivity index (χ4n) is 3.08. The second kappa shape index (κ2) is 8.01. The van der Waals surface area contributed by atoms with E-state index in [4.69, 9.17) is 4.42 Å². The first kappa shape index (κ1) is 19.1. The molecular formula is C23H20N2O3S. The summed E-state index contributed by atoms with van der Waals surface area (Å²) in [6.45, 7) is 3.90. The highest BCUT2D eigenvalue weighted by atomic mass is 32.1. The number of benzene rings is 2. The molecule has 1 amide bonds. The average Bonchev–Trinajstić information content (AvgIpc) is 3.40. The topological polar surface area (TPSA) is 63.4 Å². The van der Waals surface area contributed by atoms with Crippen molar-refractivity contribution in [2.75, 3.05) is 4.90 Å². The number of anilines is 1. The lowest BCUT2D eigenvalue weighted by Crippen LogP contribution is -2.30. The maximum absolute atomic E-state index is 13.3. The molecule has 2 aromatic heterocycles. The third-order valence-corrected chi connectivity index (χ3v) is 5.80. The highest BCUT2D eigenvalue weighted by Gasteiger charge is 2.23. The monoisotopic (exact) mass is 404 g/mol. The van der Waals surface area contributed by atoms with Gasteiger partial charge in [-0.25, -0.2) is 4.98 Å². The van der Waals surface area contributed by atoms with Crippen molar-refractivity contribution in [3.63, 3.8) is 0 Å². The van der Waals surface area contributed by atoms with E-state index < -0.39 is 0 Å². The second-order valence-electron chi connectivity index (χ2n) is 6.76. The number of aryl methyl sites for hydroxylation is 1. The normalized spacial score (nSPS) is 11.0. The van der Waals surface area contributed by atoms with Crippen LogP contribution in [0.4, 0.5) is 5.13 Å². The fraction of sp³-hybridized carbons (Fsp3) is 0.174. The van der Waals surface area contributed by atoms with Crippen molar-refractivity contribution in [1.29, 1.82) is 0 Å². The van der Waals surface area contributed by atoms with Crippen molar-refractivity contribution in [3.05, 3.63) is 83.3 Å². The lowest BCUT2D eigenvalue weighted by atomic mass is 10.1. The van der Waals surface area contributed by atoms with E-state index in [1.807, 2.05) is 12.1 Å². The van der Waals surface area contributed by atoms with Crippen LogP contribution in [0.25, 0.3) is 10.2 Å².